The van der Waals surface area contributed by atoms with Crippen LogP contribution >= 0.6 is 11.6 Å². The Bertz CT molecular complexity index is 493. The van der Waals surface area contributed by atoms with E-state index in [1.54, 1.807) is 31.2 Å². The Morgan fingerprint density at radius 3 is 3.00 bits per heavy atom. The lowest BCUT2D eigenvalue weighted by Crippen LogP contribution is -2.53. The first kappa shape index (κ1) is 13.7. The second-order valence-corrected chi connectivity index (χ2v) is 4.76. The highest BCUT2D eigenvalue weighted by molar-refractivity contribution is 6.30. The Morgan fingerprint density at radius 1 is 1.53 bits per heavy atom. The van der Waals surface area contributed by atoms with E-state index in [1.165, 1.54) is 4.90 Å². The molecule has 0 unspecified atom stereocenters. The van der Waals surface area contributed by atoms with Crippen molar-refractivity contribution in [1.82, 2.24) is 10.2 Å². The van der Waals surface area contributed by atoms with Gasteiger partial charge >= 0.3 is 0 Å². The highest BCUT2D eigenvalue weighted by atomic mass is 35.5. The number of hydrogen-bond acceptors (Lipinski definition) is 3. The highest BCUT2D eigenvalue weighted by Gasteiger charge is 2.26. The van der Waals surface area contributed by atoms with Crippen molar-refractivity contribution in [2.45, 2.75) is 13.0 Å². The predicted octanol–water partition coefficient (Wildman–Crippen LogP) is 1.07. The fraction of sp³-hybridized carbons (Fsp3) is 0.385. The number of halogens is 1. The van der Waals surface area contributed by atoms with Gasteiger partial charge in [-0.25, -0.2) is 0 Å². The molecule has 19 heavy (non-hydrogen) atoms. The van der Waals surface area contributed by atoms with Gasteiger partial charge < -0.3 is 15.0 Å². The van der Waals surface area contributed by atoms with Crippen molar-refractivity contribution in [3.8, 4) is 5.75 Å². The van der Waals surface area contributed by atoms with Crippen molar-refractivity contribution in [2.75, 3.05) is 19.6 Å². The van der Waals surface area contributed by atoms with E-state index in [1.807, 2.05) is 0 Å². The van der Waals surface area contributed by atoms with Gasteiger partial charge in [-0.2, -0.15) is 0 Å². The fourth-order valence-electron chi connectivity index (χ4n) is 1.88. The van der Waals surface area contributed by atoms with E-state index < -0.39 is 6.10 Å². The lowest BCUT2D eigenvalue weighted by molar-refractivity contribution is -0.143. The van der Waals surface area contributed by atoms with Gasteiger partial charge in [-0.1, -0.05) is 17.7 Å². The first-order chi connectivity index (χ1) is 9.06. The summed E-state index contributed by atoms with van der Waals surface area (Å²) in [4.78, 5) is 24.9. The minimum absolute atomic E-state index is 0.0854. The average Bonchev–Trinajstić information content (AvgIpc) is 2.38. The summed E-state index contributed by atoms with van der Waals surface area (Å²) in [6.07, 6.45) is -0.649. The molecule has 0 bridgehead atoms. The van der Waals surface area contributed by atoms with E-state index in [9.17, 15) is 9.59 Å². The van der Waals surface area contributed by atoms with E-state index in [4.69, 9.17) is 16.3 Å². The van der Waals surface area contributed by atoms with Crippen molar-refractivity contribution in [2.24, 2.45) is 0 Å². The van der Waals surface area contributed by atoms with Gasteiger partial charge in [0.15, 0.2) is 6.10 Å². The molecular formula is C13H15ClN2O3. The lowest BCUT2D eigenvalue weighted by atomic mass is 10.2. The molecule has 0 aromatic heterocycles. The second kappa shape index (κ2) is 5.93. The zero-order chi connectivity index (χ0) is 13.8. The molecule has 6 heteroatoms. The second-order valence-electron chi connectivity index (χ2n) is 4.33. The van der Waals surface area contributed by atoms with Gasteiger partial charge in [0.05, 0.1) is 6.54 Å². The van der Waals surface area contributed by atoms with Gasteiger partial charge in [0.2, 0.25) is 5.91 Å². The Labute approximate surface area is 116 Å². The number of hydrogen-bond donors (Lipinski definition) is 1. The first-order valence-electron chi connectivity index (χ1n) is 6.04. The molecule has 1 N–H and O–H groups in total. The largest absolute Gasteiger partial charge is 0.481 e. The minimum atomic E-state index is -0.649. The van der Waals surface area contributed by atoms with Gasteiger partial charge in [-0.05, 0) is 25.1 Å². The van der Waals surface area contributed by atoms with Crippen LogP contribution < -0.4 is 10.1 Å². The summed E-state index contributed by atoms with van der Waals surface area (Å²) in [5, 5.41) is 3.22. The van der Waals surface area contributed by atoms with Crippen LogP contribution in [-0.2, 0) is 9.59 Å². The van der Waals surface area contributed by atoms with Crippen LogP contribution in [0, 0.1) is 0 Å². The van der Waals surface area contributed by atoms with E-state index in [2.05, 4.69) is 5.32 Å². The molecule has 1 heterocycles. The molecule has 102 valence electrons. The smallest absolute Gasteiger partial charge is 0.263 e. The summed E-state index contributed by atoms with van der Waals surface area (Å²) in [5.41, 5.74) is 0. The van der Waals surface area contributed by atoms with Gasteiger partial charge in [0, 0.05) is 18.1 Å². The standard InChI is InChI=1S/C13H15ClN2O3/c1-9(19-11-4-2-3-10(14)7-11)13(18)16-6-5-15-12(17)8-16/h2-4,7,9H,5-6,8H2,1H3,(H,15,17)/t9-/m1/s1. The Morgan fingerprint density at radius 2 is 2.32 bits per heavy atom. The third kappa shape index (κ3) is 3.61. The van der Waals surface area contributed by atoms with Crippen LogP contribution in [0.1, 0.15) is 6.92 Å². The van der Waals surface area contributed by atoms with E-state index in [0.717, 1.165) is 0 Å². The minimum Gasteiger partial charge on any atom is -0.481 e. The number of piperazine rings is 1. The number of rotatable bonds is 3. The van der Waals surface area contributed by atoms with Crippen LogP contribution in [0.3, 0.4) is 0 Å². The number of benzene rings is 1. The third-order valence-electron chi connectivity index (χ3n) is 2.81. The molecule has 1 aromatic carbocycles. The first-order valence-corrected chi connectivity index (χ1v) is 6.42. The van der Waals surface area contributed by atoms with Gasteiger partial charge in [-0.3, -0.25) is 9.59 Å². The molecule has 0 saturated carbocycles. The number of nitrogens with one attached hydrogen (secondary N) is 1. The topological polar surface area (TPSA) is 58.6 Å². The molecule has 0 spiro atoms. The van der Waals surface area contributed by atoms with Crippen LogP contribution in [0.4, 0.5) is 0 Å². The number of nitrogens with zero attached hydrogens (tertiary/aromatic N) is 1. The average molecular weight is 283 g/mol. The number of carbonyl (C=O) groups excluding carboxylic acids is 2. The quantitative estimate of drug-likeness (QED) is 0.902. The summed E-state index contributed by atoms with van der Waals surface area (Å²) in [6.45, 7) is 2.74. The molecular weight excluding hydrogens is 268 g/mol. The third-order valence-corrected chi connectivity index (χ3v) is 3.04. The lowest BCUT2D eigenvalue weighted by Gasteiger charge is -2.29. The maximum absolute atomic E-state index is 12.1. The summed E-state index contributed by atoms with van der Waals surface area (Å²) in [6, 6.07) is 6.87. The number of amides is 2. The normalized spacial score (nSPS) is 16.7. The summed E-state index contributed by atoms with van der Waals surface area (Å²) >= 11 is 5.85. The zero-order valence-electron chi connectivity index (χ0n) is 10.6. The van der Waals surface area contributed by atoms with Crippen molar-refractivity contribution in [3.05, 3.63) is 29.3 Å². The number of ether oxygens (including phenoxy) is 1. The van der Waals surface area contributed by atoms with Crippen LogP contribution in [0.25, 0.3) is 0 Å². The van der Waals surface area contributed by atoms with E-state index in [-0.39, 0.29) is 18.4 Å². The van der Waals surface area contributed by atoms with Gasteiger partial charge in [0.25, 0.3) is 5.91 Å². The Kier molecular flexibility index (Phi) is 4.27. The molecule has 2 rings (SSSR count). The summed E-state index contributed by atoms with van der Waals surface area (Å²) in [5.74, 6) is 0.194. The van der Waals surface area contributed by atoms with Crippen molar-refractivity contribution in [1.29, 1.82) is 0 Å². The molecule has 2 amide bonds. The molecule has 1 aromatic rings. The maximum Gasteiger partial charge on any atom is 0.263 e. The molecule has 1 fully saturated rings. The molecule has 0 aliphatic carbocycles. The van der Waals surface area contributed by atoms with Crippen molar-refractivity contribution >= 4 is 23.4 Å². The van der Waals surface area contributed by atoms with Crippen LogP contribution in [0.5, 0.6) is 5.75 Å². The van der Waals surface area contributed by atoms with E-state index >= 15 is 0 Å². The van der Waals surface area contributed by atoms with Gasteiger partial charge in [0.1, 0.15) is 5.75 Å². The predicted molar refractivity (Wildman–Crippen MR) is 71.1 cm³/mol. The molecule has 1 aliphatic rings. The van der Waals surface area contributed by atoms with Gasteiger partial charge in [-0.15, -0.1) is 0 Å². The molecule has 1 atom stereocenters. The zero-order valence-corrected chi connectivity index (χ0v) is 11.3. The monoisotopic (exact) mass is 282 g/mol. The summed E-state index contributed by atoms with van der Waals surface area (Å²) in [7, 11) is 0. The fourth-order valence-corrected chi connectivity index (χ4v) is 2.06. The van der Waals surface area contributed by atoms with Crippen molar-refractivity contribution in [3.63, 3.8) is 0 Å². The summed E-state index contributed by atoms with van der Waals surface area (Å²) < 4.78 is 5.54. The Balaban J connectivity index is 1.97. The van der Waals surface area contributed by atoms with Crippen LogP contribution in [0.15, 0.2) is 24.3 Å². The molecule has 0 radical (unpaired) electrons. The van der Waals surface area contributed by atoms with E-state index in [0.29, 0.717) is 23.9 Å². The van der Waals surface area contributed by atoms with Crippen LogP contribution in [0.2, 0.25) is 5.02 Å². The van der Waals surface area contributed by atoms with Crippen LogP contribution in [-0.4, -0.2) is 42.5 Å². The molecule has 1 aliphatic heterocycles. The van der Waals surface area contributed by atoms with Crippen molar-refractivity contribution < 1.29 is 14.3 Å². The molecule has 5 nitrogen and oxygen atoms in total. The number of carbonyl (C=O) groups is 2. The highest BCUT2D eigenvalue weighted by Crippen LogP contribution is 2.18. The maximum atomic E-state index is 12.1. The SMILES string of the molecule is C[C@@H](Oc1cccc(Cl)c1)C(=O)N1CCNC(=O)C1. The molecule has 1 saturated heterocycles. The Hall–Kier alpha value is -1.75.